The maximum Gasteiger partial charge on any atom is 0.255 e. The van der Waals surface area contributed by atoms with Crippen LogP contribution >= 0.6 is 0 Å². The minimum absolute atomic E-state index is 0.0484. The molecule has 0 saturated heterocycles. The number of nitrogens with zero attached hydrogens (tertiary/aromatic N) is 6. The predicted octanol–water partition coefficient (Wildman–Crippen LogP) is 3.45. The Labute approximate surface area is 184 Å². The minimum atomic E-state index is -1.28. The highest BCUT2D eigenvalue weighted by Gasteiger charge is 2.21. The van der Waals surface area contributed by atoms with Crippen LogP contribution in [0.1, 0.15) is 11.3 Å². The molecule has 0 saturated carbocycles. The molecule has 11 heteroatoms. The molecule has 0 amide bonds. The Hall–Kier alpha value is -4.54. The van der Waals surface area contributed by atoms with Gasteiger partial charge in [0.25, 0.3) is 5.95 Å². The highest BCUT2D eigenvalue weighted by molar-refractivity contribution is 5.83. The van der Waals surface area contributed by atoms with Crippen molar-refractivity contribution in [2.24, 2.45) is 0 Å². The fourth-order valence-electron chi connectivity index (χ4n) is 3.57. The number of nitrogens with two attached hydrogens (primary N) is 2. The normalized spacial score (nSPS) is 11.2. The summed E-state index contributed by atoms with van der Waals surface area (Å²) in [5.74, 6) is -3.05. The van der Waals surface area contributed by atoms with E-state index in [1.54, 1.807) is 36.7 Å². The van der Waals surface area contributed by atoms with Gasteiger partial charge in [0, 0.05) is 30.6 Å². The topological polar surface area (TPSA) is 121 Å². The maximum atomic E-state index is 14.3. The van der Waals surface area contributed by atoms with Crippen molar-refractivity contribution >= 4 is 22.7 Å². The molecule has 0 spiro atoms. The lowest BCUT2D eigenvalue weighted by Crippen LogP contribution is -2.10. The van der Waals surface area contributed by atoms with Crippen LogP contribution in [-0.2, 0) is 6.42 Å². The SMILES string of the molecule is Nc1nc(-n2nc(Cc3c(F)ccc(F)c3F)c3ncccc32)nc(N)c1-c1ccncc1. The highest BCUT2D eigenvalue weighted by Crippen LogP contribution is 2.31. The van der Waals surface area contributed by atoms with Gasteiger partial charge in [0.1, 0.15) is 23.0 Å². The molecule has 0 aliphatic rings. The summed E-state index contributed by atoms with van der Waals surface area (Å²) in [5, 5.41) is 4.40. The van der Waals surface area contributed by atoms with Gasteiger partial charge < -0.3 is 11.5 Å². The first-order valence-electron chi connectivity index (χ1n) is 9.72. The molecule has 0 radical (unpaired) electrons. The average Bonchev–Trinajstić information content (AvgIpc) is 3.18. The molecule has 5 rings (SSSR count). The summed E-state index contributed by atoms with van der Waals surface area (Å²) in [4.78, 5) is 16.9. The lowest BCUT2D eigenvalue weighted by atomic mass is 10.1. The minimum Gasteiger partial charge on any atom is -0.383 e. The Morgan fingerprint density at radius 2 is 1.55 bits per heavy atom. The van der Waals surface area contributed by atoms with Crippen molar-refractivity contribution in [1.82, 2.24) is 29.7 Å². The molecule has 33 heavy (non-hydrogen) atoms. The van der Waals surface area contributed by atoms with E-state index in [2.05, 4.69) is 25.0 Å². The van der Waals surface area contributed by atoms with Crippen LogP contribution in [0.25, 0.3) is 28.1 Å². The van der Waals surface area contributed by atoms with Gasteiger partial charge in [-0.2, -0.15) is 19.7 Å². The van der Waals surface area contributed by atoms with Gasteiger partial charge in [-0.1, -0.05) is 0 Å². The molecule has 8 nitrogen and oxygen atoms in total. The molecule has 4 N–H and O–H groups in total. The van der Waals surface area contributed by atoms with Crippen LogP contribution in [0.4, 0.5) is 24.8 Å². The van der Waals surface area contributed by atoms with Gasteiger partial charge in [0.2, 0.25) is 0 Å². The Morgan fingerprint density at radius 1 is 0.848 bits per heavy atom. The monoisotopic (exact) mass is 448 g/mol. The quantitative estimate of drug-likeness (QED) is 0.404. The molecular formula is C22H15F3N8. The van der Waals surface area contributed by atoms with Crippen molar-refractivity contribution in [3.8, 4) is 17.1 Å². The van der Waals surface area contributed by atoms with Crippen molar-refractivity contribution in [3.63, 3.8) is 0 Å². The fraction of sp³-hybridized carbons (Fsp3) is 0.0455. The Bertz CT molecular complexity index is 1480. The number of hydrogen-bond donors (Lipinski definition) is 2. The molecule has 0 aliphatic carbocycles. The summed E-state index contributed by atoms with van der Waals surface area (Å²) in [6, 6.07) is 8.38. The second-order valence-electron chi connectivity index (χ2n) is 7.13. The fourth-order valence-corrected chi connectivity index (χ4v) is 3.57. The van der Waals surface area contributed by atoms with E-state index in [1.165, 1.54) is 10.9 Å². The van der Waals surface area contributed by atoms with Crippen LogP contribution in [0, 0.1) is 17.5 Å². The van der Waals surface area contributed by atoms with Gasteiger partial charge in [0.15, 0.2) is 11.6 Å². The third-order valence-electron chi connectivity index (χ3n) is 5.10. The number of hydrogen-bond acceptors (Lipinski definition) is 7. The number of nitrogen functional groups attached to an aromatic ring is 2. The summed E-state index contributed by atoms with van der Waals surface area (Å²) in [6.45, 7) is 0. The van der Waals surface area contributed by atoms with Gasteiger partial charge in [0.05, 0.1) is 16.8 Å². The van der Waals surface area contributed by atoms with Crippen molar-refractivity contribution < 1.29 is 13.2 Å². The zero-order chi connectivity index (χ0) is 23.1. The van der Waals surface area contributed by atoms with E-state index in [9.17, 15) is 13.2 Å². The van der Waals surface area contributed by atoms with E-state index in [1.807, 2.05) is 0 Å². The van der Waals surface area contributed by atoms with Gasteiger partial charge in [-0.05, 0) is 42.0 Å². The van der Waals surface area contributed by atoms with Crippen molar-refractivity contribution in [2.45, 2.75) is 6.42 Å². The number of fused-ring (bicyclic) bond motifs is 1. The first-order chi connectivity index (χ1) is 15.9. The first-order valence-corrected chi connectivity index (χ1v) is 9.72. The molecule has 164 valence electrons. The van der Waals surface area contributed by atoms with Crippen LogP contribution < -0.4 is 11.5 Å². The third kappa shape index (κ3) is 3.49. The number of halogens is 3. The van der Waals surface area contributed by atoms with Crippen LogP contribution in [-0.4, -0.2) is 29.7 Å². The first kappa shape index (κ1) is 20.4. The zero-order valence-corrected chi connectivity index (χ0v) is 16.9. The van der Waals surface area contributed by atoms with E-state index in [0.29, 0.717) is 22.2 Å². The van der Waals surface area contributed by atoms with Crippen molar-refractivity contribution in [2.75, 3.05) is 11.5 Å². The molecule has 0 unspecified atom stereocenters. The molecule has 4 heterocycles. The van der Waals surface area contributed by atoms with E-state index in [0.717, 1.165) is 12.1 Å². The Balaban J connectivity index is 1.65. The summed E-state index contributed by atoms with van der Waals surface area (Å²) >= 11 is 0. The Morgan fingerprint density at radius 3 is 2.27 bits per heavy atom. The summed E-state index contributed by atoms with van der Waals surface area (Å²) in [7, 11) is 0. The standard InChI is InChI=1S/C22H15F3N8/c23-13-3-4-14(24)18(25)12(13)10-15-19-16(2-1-7-29-19)33(32-15)22-30-20(26)17(21(27)31-22)11-5-8-28-9-6-11/h1-9H,10H2,(H4,26,27,30,31). The molecule has 0 fully saturated rings. The average molecular weight is 448 g/mol. The summed E-state index contributed by atoms with van der Waals surface area (Å²) < 4.78 is 43.5. The number of anilines is 2. The number of aromatic nitrogens is 6. The molecule has 4 aromatic heterocycles. The largest absolute Gasteiger partial charge is 0.383 e. The van der Waals surface area contributed by atoms with E-state index < -0.39 is 23.0 Å². The Kier molecular flexibility index (Phi) is 4.85. The summed E-state index contributed by atoms with van der Waals surface area (Å²) in [5.41, 5.74) is 14.0. The van der Waals surface area contributed by atoms with E-state index in [-0.39, 0.29) is 29.7 Å². The predicted molar refractivity (Wildman–Crippen MR) is 116 cm³/mol. The molecule has 0 bridgehead atoms. The van der Waals surface area contributed by atoms with Crippen LogP contribution in [0.5, 0.6) is 0 Å². The van der Waals surface area contributed by atoms with Gasteiger partial charge in [-0.15, -0.1) is 0 Å². The molecule has 1 aromatic carbocycles. The van der Waals surface area contributed by atoms with Gasteiger partial charge >= 0.3 is 0 Å². The van der Waals surface area contributed by atoms with Crippen LogP contribution in [0.15, 0.2) is 55.0 Å². The summed E-state index contributed by atoms with van der Waals surface area (Å²) in [6.07, 6.45) is 4.35. The molecule has 0 aliphatic heterocycles. The van der Waals surface area contributed by atoms with Gasteiger partial charge in [-0.25, -0.2) is 13.2 Å². The van der Waals surface area contributed by atoms with E-state index in [4.69, 9.17) is 11.5 Å². The second kappa shape index (κ2) is 7.86. The highest BCUT2D eigenvalue weighted by atomic mass is 19.2. The molecule has 5 aromatic rings. The third-order valence-corrected chi connectivity index (χ3v) is 5.10. The molecular weight excluding hydrogens is 433 g/mol. The maximum absolute atomic E-state index is 14.3. The zero-order valence-electron chi connectivity index (χ0n) is 16.9. The number of benzene rings is 1. The smallest absolute Gasteiger partial charge is 0.255 e. The molecule has 0 atom stereocenters. The lowest BCUT2D eigenvalue weighted by Gasteiger charge is -2.10. The van der Waals surface area contributed by atoms with Crippen LogP contribution in [0.3, 0.4) is 0 Å². The number of pyridine rings is 2. The lowest BCUT2D eigenvalue weighted by molar-refractivity contribution is 0.482. The van der Waals surface area contributed by atoms with Crippen molar-refractivity contribution in [3.05, 3.63) is 83.7 Å². The van der Waals surface area contributed by atoms with Gasteiger partial charge in [-0.3, -0.25) is 9.97 Å². The number of rotatable bonds is 4. The van der Waals surface area contributed by atoms with E-state index >= 15 is 0 Å². The second-order valence-corrected chi connectivity index (χ2v) is 7.13. The van der Waals surface area contributed by atoms with Crippen LogP contribution in [0.2, 0.25) is 0 Å². The van der Waals surface area contributed by atoms with Crippen molar-refractivity contribution in [1.29, 1.82) is 0 Å².